The highest BCUT2D eigenvalue weighted by atomic mass is 16.6. The lowest BCUT2D eigenvalue weighted by Gasteiger charge is -2.24. The average Bonchev–Trinajstić information content (AvgIpc) is 2.56. The zero-order valence-corrected chi connectivity index (χ0v) is 8.90. The van der Waals surface area contributed by atoms with Gasteiger partial charge in [0.2, 0.25) is 0 Å². The molecule has 4 atom stereocenters. The van der Waals surface area contributed by atoms with Crippen molar-refractivity contribution in [1.82, 2.24) is 0 Å². The van der Waals surface area contributed by atoms with E-state index >= 15 is 0 Å². The summed E-state index contributed by atoms with van der Waals surface area (Å²) in [6.07, 6.45) is 2.95. The Morgan fingerprint density at radius 2 is 2.00 bits per heavy atom. The molecule has 2 rings (SSSR count). The van der Waals surface area contributed by atoms with Crippen molar-refractivity contribution in [2.45, 2.75) is 38.2 Å². The number of nitrogens with zero attached hydrogens (tertiary/aromatic N) is 1. The predicted molar refractivity (Wildman–Crippen MR) is 53.6 cm³/mol. The highest BCUT2D eigenvalue weighted by Crippen LogP contribution is 2.51. The molecule has 0 aromatic heterocycles. The first-order chi connectivity index (χ1) is 7.02. The standard InChI is InChI=1S/C11H16N2O2/c1-11(15-10(13)14)4-8-2-7(6-12)3-9(8)5-11/h7-9H,2-5H2,1H3,(H2,13,14)/t7?,8-,9+,11?. The summed E-state index contributed by atoms with van der Waals surface area (Å²) in [6.45, 7) is 1.94. The molecule has 15 heavy (non-hydrogen) atoms. The Kier molecular flexibility index (Phi) is 2.34. The Bertz CT molecular complexity index is 307. The number of amides is 1. The molecule has 0 spiro atoms. The van der Waals surface area contributed by atoms with E-state index in [0.717, 1.165) is 25.7 Å². The molecule has 2 aliphatic carbocycles. The topological polar surface area (TPSA) is 76.1 Å². The number of nitriles is 1. The van der Waals surface area contributed by atoms with Gasteiger partial charge >= 0.3 is 6.09 Å². The van der Waals surface area contributed by atoms with Crippen molar-refractivity contribution in [3.63, 3.8) is 0 Å². The second-order valence-corrected chi connectivity index (χ2v) is 5.10. The number of carbonyl (C=O) groups excluding carboxylic acids is 1. The molecule has 4 heteroatoms. The first kappa shape index (κ1) is 10.3. The lowest BCUT2D eigenvalue weighted by atomic mass is 9.97. The molecular formula is C11H16N2O2. The van der Waals surface area contributed by atoms with Gasteiger partial charge < -0.3 is 10.5 Å². The molecule has 0 heterocycles. The zero-order valence-electron chi connectivity index (χ0n) is 8.90. The molecule has 82 valence electrons. The molecule has 0 radical (unpaired) electrons. The third-order valence-electron chi connectivity index (χ3n) is 3.76. The molecule has 1 amide bonds. The summed E-state index contributed by atoms with van der Waals surface area (Å²) in [5, 5.41) is 8.84. The monoisotopic (exact) mass is 208 g/mol. The van der Waals surface area contributed by atoms with Gasteiger partial charge in [-0.2, -0.15) is 5.26 Å². The van der Waals surface area contributed by atoms with E-state index in [0.29, 0.717) is 11.8 Å². The van der Waals surface area contributed by atoms with Crippen molar-refractivity contribution in [2.24, 2.45) is 23.5 Å². The van der Waals surface area contributed by atoms with Crippen molar-refractivity contribution in [3.05, 3.63) is 0 Å². The molecule has 0 bridgehead atoms. The van der Waals surface area contributed by atoms with Gasteiger partial charge in [0.05, 0.1) is 6.07 Å². The lowest BCUT2D eigenvalue weighted by molar-refractivity contribution is 0.0295. The van der Waals surface area contributed by atoms with Gasteiger partial charge in [0.1, 0.15) is 5.60 Å². The number of nitrogens with two attached hydrogens (primary N) is 1. The van der Waals surface area contributed by atoms with Crippen LogP contribution in [0.4, 0.5) is 4.79 Å². The van der Waals surface area contributed by atoms with E-state index in [1.807, 2.05) is 6.92 Å². The fourth-order valence-electron chi connectivity index (χ4n) is 3.34. The van der Waals surface area contributed by atoms with Crippen LogP contribution in [0.5, 0.6) is 0 Å². The van der Waals surface area contributed by atoms with Gasteiger partial charge in [0.25, 0.3) is 0 Å². The van der Waals surface area contributed by atoms with Crippen molar-refractivity contribution in [1.29, 1.82) is 5.26 Å². The number of hydrogen-bond donors (Lipinski definition) is 1. The summed E-state index contributed by atoms with van der Waals surface area (Å²) in [6, 6.07) is 2.33. The summed E-state index contributed by atoms with van der Waals surface area (Å²) in [5.41, 5.74) is 4.66. The summed E-state index contributed by atoms with van der Waals surface area (Å²) in [7, 11) is 0. The van der Waals surface area contributed by atoms with Gasteiger partial charge in [0.15, 0.2) is 0 Å². The third kappa shape index (κ3) is 1.92. The predicted octanol–water partition coefficient (Wildman–Crippen LogP) is 1.80. The Balaban J connectivity index is 1.99. The van der Waals surface area contributed by atoms with Crippen LogP contribution in [0.3, 0.4) is 0 Å². The molecule has 2 N–H and O–H groups in total. The van der Waals surface area contributed by atoms with E-state index in [9.17, 15) is 4.79 Å². The van der Waals surface area contributed by atoms with Crippen LogP contribution >= 0.6 is 0 Å². The Hall–Kier alpha value is -1.24. The maximum atomic E-state index is 10.7. The zero-order chi connectivity index (χ0) is 11.1. The van der Waals surface area contributed by atoms with Gasteiger partial charge in [-0.3, -0.25) is 0 Å². The van der Waals surface area contributed by atoms with Crippen LogP contribution in [-0.2, 0) is 4.74 Å². The summed E-state index contributed by atoms with van der Waals surface area (Å²) in [5.74, 6) is 1.29. The molecule has 2 saturated carbocycles. The molecule has 4 nitrogen and oxygen atoms in total. The fourth-order valence-corrected chi connectivity index (χ4v) is 3.34. The Labute approximate surface area is 89.4 Å². The van der Waals surface area contributed by atoms with Gasteiger partial charge in [-0.15, -0.1) is 0 Å². The highest BCUT2D eigenvalue weighted by Gasteiger charge is 2.49. The van der Waals surface area contributed by atoms with Crippen molar-refractivity contribution in [3.8, 4) is 6.07 Å². The van der Waals surface area contributed by atoms with Gasteiger partial charge in [-0.25, -0.2) is 4.79 Å². The van der Waals surface area contributed by atoms with Crippen LogP contribution in [0.2, 0.25) is 0 Å². The van der Waals surface area contributed by atoms with E-state index in [2.05, 4.69) is 6.07 Å². The largest absolute Gasteiger partial charge is 0.443 e. The number of fused-ring (bicyclic) bond motifs is 1. The van der Waals surface area contributed by atoms with E-state index in [-0.39, 0.29) is 11.5 Å². The molecule has 0 aliphatic heterocycles. The molecule has 2 unspecified atom stereocenters. The van der Waals surface area contributed by atoms with Crippen LogP contribution in [0.1, 0.15) is 32.6 Å². The second kappa shape index (κ2) is 3.41. The fraction of sp³-hybridized carbons (Fsp3) is 0.818. The third-order valence-corrected chi connectivity index (χ3v) is 3.76. The van der Waals surface area contributed by atoms with Crippen LogP contribution < -0.4 is 5.73 Å². The second-order valence-electron chi connectivity index (χ2n) is 5.10. The van der Waals surface area contributed by atoms with Crippen LogP contribution in [-0.4, -0.2) is 11.7 Å². The smallest absolute Gasteiger partial charge is 0.405 e. The minimum atomic E-state index is -0.686. The number of ether oxygens (including phenoxy) is 1. The molecule has 0 aromatic rings. The van der Waals surface area contributed by atoms with Crippen LogP contribution in [0.25, 0.3) is 0 Å². The average molecular weight is 208 g/mol. The SMILES string of the molecule is CC1(OC(N)=O)C[C@H]2CC(C#N)C[C@H]2C1. The van der Waals surface area contributed by atoms with Crippen molar-refractivity contribution >= 4 is 6.09 Å². The molecular weight excluding hydrogens is 192 g/mol. The summed E-state index contributed by atoms with van der Waals surface area (Å²) >= 11 is 0. The van der Waals surface area contributed by atoms with Gasteiger partial charge in [0, 0.05) is 5.92 Å². The molecule has 0 saturated heterocycles. The van der Waals surface area contributed by atoms with E-state index in [1.54, 1.807) is 0 Å². The summed E-state index contributed by atoms with van der Waals surface area (Å²) < 4.78 is 5.16. The Morgan fingerprint density at radius 3 is 2.40 bits per heavy atom. The Morgan fingerprint density at radius 1 is 1.47 bits per heavy atom. The number of primary amides is 1. The van der Waals surface area contributed by atoms with Crippen molar-refractivity contribution in [2.75, 3.05) is 0 Å². The first-order valence-corrected chi connectivity index (χ1v) is 5.40. The minimum Gasteiger partial charge on any atom is -0.443 e. The molecule has 2 aliphatic rings. The normalized spacial score (nSPS) is 43.3. The highest BCUT2D eigenvalue weighted by molar-refractivity contribution is 5.65. The van der Waals surface area contributed by atoms with Gasteiger partial charge in [-0.1, -0.05) is 0 Å². The maximum Gasteiger partial charge on any atom is 0.405 e. The van der Waals surface area contributed by atoms with E-state index in [4.69, 9.17) is 15.7 Å². The number of carbonyl (C=O) groups is 1. The van der Waals surface area contributed by atoms with Crippen molar-refractivity contribution < 1.29 is 9.53 Å². The van der Waals surface area contributed by atoms with E-state index in [1.165, 1.54) is 0 Å². The minimum absolute atomic E-state index is 0.207. The molecule has 2 fully saturated rings. The van der Waals surface area contributed by atoms with E-state index < -0.39 is 6.09 Å². The molecule has 0 aromatic carbocycles. The number of rotatable bonds is 1. The first-order valence-electron chi connectivity index (χ1n) is 5.40. The van der Waals surface area contributed by atoms with Crippen LogP contribution in [0.15, 0.2) is 0 Å². The van der Waals surface area contributed by atoms with Gasteiger partial charge in [-0.05, 0) is 44.4 Å². The lowest BCUT2D eigenvalue weighted by Crippen LogP contribution is -2.32. The van der Waals surface area contributed by atoms with Crippen LogP contribution in [0, 0.1) is 29.1 Å². The quantitative estimate of drug-likeness (QED) is 0.713. The number of hydrogen-bond acceptors (Lipinski definition) is 3. The summed E-state index contributed by atoms with van der Waals surface area (Å²) in [4.78, 5) is 10.7. The maximum absolute atomic E-state index is 10.7.